The van der Waals surface area contributed by atoms with Gasteiger partial charge in [0.25, 0.3) is 0 Å². The number of carbonyl (C=O) groups excluding carboxylic acids is 2. The van der Waals surface area contributed by atoms with Gasteiger partial charge in [0.05, 0.1) is 12.2 Å². The molecule has 0 saturated carbocycles. The van der Waals surface area contributed by atoms with Crippen molar-refractivity contribution in [3.63, 3.8) is 0 Å². The van der Waals surface area contributed by atoms with Crippen LogP contribution in [-0.2, 0) is 27.2 Å². The molecule has 116 valence electrons. The summed E-state index contributed by atoms with van der Waals surface area (Å²) in [7, 11) is 0. The molecule has 6 heteroatoms. The van der Waals surface area contributed by atoms with Crippen molar-refractivity contribution in [2.24, 2.45) is 0 Å². The first kappa shape index (κ1) is 16.5. The number of thioether (sulfide) groups is 1. The third kappa shape index (κ3) is 3.66. The summed E-state index contributed by atoms with van der Waals surface area (Å²) >= 11 is 1.01. The van der Waals surface area contributed by atoms with Crippen molar-refractivity contribution in [1.82, 2.24) is 4.98 Å². The van der Waals surface area contributed by atoms with Gasteiger partial charge in [0.1, 0.15) is 11.1 Å². The van der Waals surface area contributed by atoms with Crippen LogP contribution in [0.3, 0.4) is 0 Å². The largest absolute Gasteiger partial charge is 0.465 e. The molecule has 0 radical (unpaired) electrons. The molecule has 1 aliphatic carbocycles. The minimum atomic E-state index is -0.971. The second kappa shape index (κ2) is 7.41. The average molecular weight is 318 g/mol. The molecule has 1 aromatic rings. The Morgan fingerprint density at radius 2 is 2.18 bits per heavy atom. The number of esters is 1. The summed E-state index contributed by atoms with van der Waals surface area (Å²) in [5, 5.41) is 8.78. The Balaban J connectivity index is 2.32. The molecule has 0 spiro atoms. The standard InChI is InChI=1S/C16H18N2O3S/c1-3-21-16(20)14(10(2)19)22-15-12(9-17)8-11-6-4-5-7-13(11)18-15/h8,14H,3-7H2,1-2H3. The second-order valence-corrected chi connectivity index (χ2v) is 6.22. The number of Topliss-reactive ketones (excluding diaryl/α,β-unsaturated/α-hetero) is 1. The minimum absolute atomic E-state index is 0.214. The molecule has 0 amide bonds. The monoisotopic (exact) mass is 318 g/mol. The van der Waals surface area contributed by atoms with Crippen LogP contribution in [0.2, 0.25) is 0 Å². The molecule has 0 saturated heterocycles. The predicted octanol–water partition coefficient (Wildman–Crippen LogP) is 2.44. The van der Waals surface area contributed by atoms with E-state index in [0.717, 1.165) is 48.7 Å². The van der Waals surface area contributed by atoms with Gasteiger partial charge in [-0.2, -0.15) is 5.26 Å². The molecule has 22 heavy (non-hydrogen) atoms. The van der Waals surface area contributed by atoms with Crippen LogP contribution in [0, 0.1) is 11.3 Å². The lowest BCUT2D eigenvalue weighted by Gasteiger charge is -2.18. The number of pyridine rings is 1. The quantitative estimate of drug-likeness (QED) is 0.471. The maximum absolute atomic E-state index is 11.9. The van der Waals surface area contributed by atoms with Gasteiger partial charge >= 0.3 is 5.97 Å². The smallest absolute Gasteiger partial charge is 0.327 e. The van der Waals surface area contributed by atoms with Crippen molar-refractivity contribution >= 4 is 23.5 Å². The van der Waals surface area contributed by atoms with Crippen molar-refractivity contribution in [3.8, 4) is 6.07 Å². The first-order valence-electron chi connectivity index (χ1n) is 7.33. The number of carbonyl (C=O) groups is 2. The van der Waals surface area contributed by atoms with Gasteiger partial charge in [-0.15, -0.1) is 0 Å². The van der Waals surface area contributed by atoms with E-state index in [4.69, 9.17) is 4.74 Å². The van der Waals surface area contributed by atoms with Crippen LogP contribution in [0.4, 0.5) is 0 Å². The van der Waals surface area contributed by atoms with E-state index >= 15 is 0 Å². The number of ketones is 1. The zero-order valence-corrected chi connectivity index (χ0v) is 13.5. The van der Waals surface area contributed by atoms with Gasteiger partial charge < -0.3 is 4.74 Å². The summed E-state index contributed by atoms with van der Waals surface area (Å²) < 4.78 is 4.93. The highest BCUT2D eigenvalue weighted by Gasteiger charge is 2.28. The number of hydrogen-bond acceptors (Lipinski definition) is 6. The van der Waals surface area contributed by atoms with Gasteiger partial charge in [-0.3, -0.25) is 9.59 Å². The molecule has 0 N–H and O–H groups in total. The fourth-order valence-electron chi connectivity index (χ4n) is 2.41. The summed E-state index contributed by atoms with van der Waals surface area (Å²) in [5.74, 6) is -0.879. The second-order valence-electron chi connectivity index (χ2n) is 5.13. The fourth-order valence-corrected chi connectivity index (χ4v) is 3.36. The Labute approximate surface area is 134 Å². The lowest BCUT2D eigenvalue weighted by atomic mass is 9.95. The Bertz CT molecular complexity index is 637. The maximum Gasteiger partial charge on any atom is 0.327 e. The molecule has 0 aromatic carbocycles. The Morgan fingerprint density at radius 1 is 1.45 bits per heavy atom. The van der Waals surface area contributed by atoms with Gasteiger partial charge in [0.15, 0.2) is 11.0 Å². The van der Waals surface area contributed by atoms with Crippen molar-refractivity contribution in [1.29, 1.82) is 5.26 Å². The summed E-state index contributed by atoms with van der Waals surface area (Å²) in [6.45, 7) is 3.25. The highest BCUT2D eigenvalue weighted by Crippen LogP contribution is 2.30. The van der Waals surface area contributed by atoms with E-state index in [-0.39, 0.29) is 12.4 Å². The Hall–Kier alpha value is -1.87. The summed E-state index contributed by atoms with van der Waals surface area (Å²) in [4.78, 5) is 28.2. The van der Waals surface area contributed by atoms with E-state index < -0.39 is 11.2 Å². The number of aryl methyl sites for hydroxylation is 2. The molecular formula is C16H18N2O3S. The molecule has 0 fully saturated rings. The molecule has 0 bridgehead atoms. The van der Waals surface area contributed by atoms with Crippen LogP contribution in [0.15, 0.2) is 11.1 Å². The van der Waals surface area contributed by atoms with Gasteiger partial charge in [0, 0.05) is 5.69 Å². The van der Waals surface area contributed by atoms with Crippen LogP contribution < -0.4 is 0 Å². The SMILES string of the molecule is CCOC(=O)C(Sc1nc2c(cc1C#N)CCCC2)C(C)=O. The molecule has 1 unspecified atom stereocenters. The molecule has 1 atom stereocenters. The summed E-state index contributed by atoms with van der Waals surface area (Å²) in [5.41, 5.74) is 2.49. The lowest BCUT2D eigenvalue weighted by Crippen LogP contribution is -2.27. The van der Waals surface area contributed by atoms with Crippen molar-refractivity contribution in [3.05, 3.63) is 22.9 Å². The van der Waals surface area contributed by atoms with Crippen molar-refractivity contribution in [2.45, 2.75) is 49.8 Å². The number of nitrogens with zero attached hydrogens (tertiary/aromatic N) is 2. The lowest BCUT2D eigenvalue weighted by molar-refractivity contribution is -0.144. The van der Waals surface area contributed by atoms with Gasteiger partial charge in [0.2, 0.25) is 0 Å². The number of nitriles is 1. The van der Waals surface area contributed by atoms with Crippen molar-refractivity contribution < 1.29 is 14.3 Å². The summed E-state index contributed by atoms with van der Waals surface area (Å²) in [6.07, 6.45) is 3.98. The highest BCUT2D eigenvalue weighted by atomic mass is 32.2. The molecular weight excluding hydrogens is 300 g/mol. The molecule has 2 rings (SSSR count). The Morgan fingerprint density at radius 3 is 2.82 bits per heavy atom. The maximum atomic E-state index is 11.9. The number of ether oxygens (including phenoxy) is 1. The number of aromatic nitrogens is 1. The molecule has 0 aliphatic heterocycles. The zero-order valence-electron chi connectivity index (χ0n) is 12.7. The van der Waals surface area contributed by atoms with E-state index in [1.807, 2.05) is 6.07 Å². The van der Waals surface area contributed by atoms with Crippen LogP contribution in [0.25, 0.3) is 0 Å². The number of hydrogen-bond donors (Lipinski definition) is 0. The van der Waals surface area contributed by atoms with E-state index in [1.165, 1.54) is 6.92 Å². The van der Waals surface area contributed by atoms with Gasteiger partial charge in [-0.25, -0.2) is 4.98 Å². The van der Waals surface area contributed by atoms with Crippen LogP contribution in [0.5, 0.6) is 0 Å². The van der Waals surface area contributed by atoms with Crippen LogP contribution in [0.1, 0.15) is 43.5 Å². The van der Waals surface area contributed by atoms with Gasteiger partial charge in [-0.1, -0.05) is 11.8 Å². The number of fused-ring (bicyclic) bond motifs is 1. The normalized spacial score (nSPS) is 14.6. The topological polar surface area (TPSA) is 80.0 Å². The van der Waals surface area contributed by atoms with Crippen molar-refractivity contribution in [2.75, 3.05) is 6.61 Å². The van der Waals surface area contributed by atoms with Gasteiger partial charge in [-0.05, 0) is 51.2 Å². The summed E-state index contributed by atoms with van der Waals surface area (Å²) in [6, 6.07) is 3.95. The minimum Gasteiger partial charge on any atom is -0.465 e. The molecule has 1 aliphatic rings. The van der Waals surface area contributed by atoms with Crippen LogP contribution in [-0.4, -0.2) is 28.6 Å². The molecule has 1 aromatic heterocycles. The Kier molecular flexibility index (Phi) is 5.56. The molecule has 1 heterocycles. The zero-order chi connectivity index (χ0) is 16.1. The van der Waals surface area contributed by atoms with E-state index in [0.29, 0.717) is 10.6 Å². The average Bonchev–Trinajstić information content (AvgIpc) is 2.51. The van der Waals surface area contributed by atoms with E-state index in [1.54, 1.807) is 6.92 Å². The number of rotatable bonds is 5. The first-order chi connectivity index (χ1) is 10.6. The van der Waals surface area contributed by atoms with Crippen LogP contribution >= 0.6 is 11.8 Å². The fraction of sp³-hybridized carbons (Fsp3) is 0.500. The first-order valence-corrected chi connectivity index (χ1v) is 8.21. The third-order valence-electron chi connectivity index (χ3n) is 3.49. The van der Waals surface area contributed by atoms with E-state index in [9.17, 15) is 14.9 Å². The van der Waals surface area contributed by atoms with E-state index in [2.05, 4.69) is 11.1 Å². The molecule has 5 nitrogen and oxygen atoms in total. The third-order valence-corrected chi connectivity index (χ3v) is 4.78. The highest BCUT2D eigenvalue weighted by molar-refractivity contribution is 8.01. The predicted molar refractivity (Wildman–Crippen MR) is 82.6 cm³/mol.